The van der Waals surface area contributed by atoms with Crippen LogP contribution < -0.4 is 11.1 Å². The van der Waals surface area contributed by atoms with E-state index in [0.29, 0.717) is 13.0 Å². The Morgan fingerprint density at radius 2 is 2.25 bits per heavy atom. The maximum absolute atomic E-state index is 12.1. The average Bonchev–Trinajstić information content (AvgIpc) is 3.16. The molecule has 1 saturated heterocycles. The molecule has 0 spiro atoms. The van der Waals surface area contributed by atoms with E-state index in [0.717, 1.165) is 23.4 Å². The van der Waals surface area contributed by atoms with Gasteiger partial charge in [0.15, 0.2) is 0 Å². The Kier molecular flexibility index (Phi) is 4.69. The van der Waals surface area contributed by atoms with Gasteiger partial charge in [0.1, 0.15) is 0 Å². The summed E-state index contributed by atoms with van der Waals surface area (Å²) in [5.41, 5.74) is 11.8. The third kappa shape index (κ3) is 3.20. The van der Waals surface area contributed by atoms with Crippen LogP contribution in [-0.4, -0.2) is 46.7 Å². The molecule has 1 aromatic heterocycles. The minimum atomic E-state index is -0.175. The Bertz CT molecular complexity index is 739. The van der Waals surface area contributed by atoms with E-state index in [2.05, 4.69) is 52.5 Å². The van der Waals surface area contributed by atoms with Gasteiger partial charge < -0.3 is 11.1 Å². The number of aromatic nitrogens is 2. The number of nitrogens with two attached hydrogens (primary N) is 1. The van der Waals surface area contributed by atoms with Crippen LogP contribution >= 0.6 is 0 Å². The molecule has 2 unspecified atom stereocenters. The second-order valence-corrected chi connectivity index (χ2v) is 6.64. The van der Waals surface area contributed by atoms with Gasteiger partial charge in [0.2, 0.25) is 5.91 Å². The number of rotatable bonds is 4. The summed E-state index contributed by atoms with van der Waals surface area (Å²) in [4.78, 5) is 14.3. The van der Waals surface area contributed by atoms with Gasteiger partial charge in [-0.25, -0.2) is 0 Å². The number of H-pyrrole nitrogens is 1. The highest BCUT2D eigenvalue weighted by molar-refractivity contribution is 5.82. The van der Waals surface area contributed by atoms with Crippen molar-refractivity contribution in [3.8, 4) is 11.3 Å². The van der Waals surface area contributed by atoms with Gasteiger partial charge in [-0.2, -0.15) is 5.10 Å². The number of benzene rings is 1. The highest BCUT2D eigenvalue weighted by Crippen LogP contribution is 2.28. The summed E-state index contributed by atoms with van der Waals surface area (Å²) in [5.74, 6) is 0.0275. The summed E-state index contributed by atoms with van der Waals surface area (Å²) in [5, 5.41) is 10.1. The Morgan fingerprint density at radius 3 is 3.00 bits per heavy atom. The van der Waals surface area contributed by atoms with E-state index in [1.54, 1.807) is 7.05 Å². The molecule has 0 radical (unpaired) electrons. The lowest BCUT2D eigenvalue weighted by atomic mass is 10.00. The Hall–Kier alpha value is -2.18. The van der Waals surface area contributed by atoms with Crippen LogP contribution in [0.5, 0.6) is 0 Å². The molecular weight excluding hydrogens is 302 g/mol. The van der Waals surface area contributed by atoms with Gasteiger partial charge >= 0.3 is 0 Å². The zero-order valence-electron chi connectivity index (χ0n) is 14.5. The van der Waals surface area contributed by atoms with Crippen molar-refractivity contribution in [2.75, 3.05) is 13.6 Å². The van der Waals surface area contributed by atoms with Gasteiger partial charge in [-0.1, -0.05) is 17.7 Å². The molecule has 0 saturated carbocycles. The second-order valence-electron chi connectivity index (χ2n) is 6.64. The fraction of sp³-hybridized carbons (Fsp3) is 0.444. The molecule has 1 fully saturated rings. The number of hydrogen-bond donors (Lipinski definition) is 3. The minimum absolute atomic E-state index is 0.0275. The van der Waals surface area contributed by atoms with Crippen molar-refractivity contribution < 1.29 is 4.79 Å². The van der Waals surface area contributed by atoms with Crippen LogP contribution in [0.1, 0.15) is 23.1 Å². The van der Waals surface area contributed by atoms with E-state index in [9.17, 15) is 4.79 Å². The van der Waals surface area contributed by atoms with Gasteiger partial charge in [-0.05, 0) is 31.9 Å². The fourth-order valence-electron chi connectivity index (χ4n) is 3.44. The van der Waals surface area contributed by atoms with Crippen molar-refractivity contribution in [3.63, 3.8) is 0 Å². The number of amides is 1. The van der Waals surface area contributed by atoms with Crippen molar-refractivity contribution >= 4 is 5.91 Å². The zero-order chi connectivity index (χ0) is 17.3. The SMILES string of the molecule is CNC(=O)C1CC(N)CN1Cc1cn[nH]c1-c1cc(C)ccc1C. The predicted molar refractivity (Wildman–Crippen MR) is 94.4 cm³/mol. The lowest BCUT2D eigenvalue weighted by Crippen LogP contribution is -2.41. The highest BCUT2D eigenvalue weighted by Gasteiger charge is 2.35. The number of aromatic amines is 1. The maximum Gasteiger partial charge on any atom is 0.237 e. The molecule has 24 heavy (non-hydrogen) atoms. The van der Waals surface area contributed by atoms with Crippen LogP contribution in [0.4, 0.5) is 0 Å². The van der Waals surface area contributed by atoms with Crippen LogP contribution in [-0.2, 0) is 11.3 Å². The molecule has 2 heterocycles. The topological polar surface area (TPSA) is 87.0 Å². The number of aryl methyl sites for hydroxylation is 2. The maximum atomic E-state index is 12.1. The number of nitrogens with zero attached hydrogens (tertiary/aromatic N) is 2. The van der Waals surface area contributed by atoms with Gasteiger partial charge in [-0.3, -0.25) is 14.8 Å². The second kappa shape index (κ2) is 6.75. The highest BCUT2D eigenvalue weighted by atomic mass is 16.2. The number of likely N-dealkylation sites (tertiary alicyclic amines) is 1. The molecule has 2 atom stereocenters. The van der Waals surface area contributed by atoms with Crippen LogP contribution in [0.25, 0.3) is 11.3 Å². The molecule has 1 aliphatic rings. The third-order valence-electron chi connectivity index (χ3n) is 4.74. The Morgan fingerprint density at radius 1 is 1.46 bits per heavy atom. The van der Waals surface area contributed by atoms with Crippen LogP contribution in [0.3, 0.4) is 0 Å². The molecule has 4 N–H and O–H groups in total. The summed E-state index contributed by atoms with van der Waals surface area (Å²) in [6.45, 7) is 5.55. The van der Waals surface area contributed by atoms with Crippen LogP contribution in [0, 0.1) is 13.8 Å². The third-order valence-corrected chi connectivity index (χ3v) is 4.74. The van der Waals surface area contributed by atoms with E-state index in [1.807, 2.05) is 6.20 Å². The first-order valence-corrected chi connectivity index (χ1v) is 8.30. The molecule has 6 heteroatoms. The number of carbonyl (C=O) groups excluding carboxylic acids is 1. The van der Waals surface area contributed by atoms with Crippen molar-refractivity contribution in [2.45, 2.75) is 38.9 Å². The summed E-state index contributed by atoms with van der Waals surface area (Å²) in [6, 6.07) is 6.25. The minimum Gasteiger partial charge on any atom is -0.358 e. The van der Waals surface area contributed by atoms with E-state index in [4.69, 9.17) is 5.73 Å². The van der Waals surface area contributed by atoms with E-state index < -0.39 is 0 Å². The zero-order valence-corrected chi connectivity index (χ0v) is 14.5. The molecule has 1 aliphatic heterocycles. The summed E-state index contributed by atoms with van der Waals surface area (Å²) >= 11 is 0. The monoisotopic (exact) mass is 327 g/mol. The first-order chi connectivity index (χ1) is 11.5. The summed E-state index contributed by atoms with van der Waals surface area (Å²) in [6.07, 6.45) is 2.54. The molecule has 2 aromatic rings. The number of nitrogens with one attached hydrogen (secondary N) is 2. The number of likely N-dealkylation sites (N-methyl/N-ethyl adjacent to an activating group) is 1. The van der Waals surface area contributed by atoms with Crippen LogP contribution in [0.2, 0.25) is 0 Å². The first-order valence-electron chi connectivity index (χ1n) is 8.30. The van der Waals surface area contributed by atoms with Gasteiger partial charge in [-0.15, -0.1) is 0 Å². The molecule has 0 aliphatic carbocycles. The molecule has 6 nitrogen and oxygen atoms in total. The first kappa shape index (κ1) is 16.7. The molecule has 0 bridgehead atoms. The molecule has 1 amide bonds. The smallest absolute Gasteiger partial charge is 0.237 e. The molecule has 1 aromatic carbocycles. The fourth-order valence-corrected chi connectivity index (χ4v) is 3.44. The van der Waals surface area contributed by atoms with Crippen molar-refractivity contribution in [1.29, 1.82) is 0 Å². The van der Waals surface area contributed by atoms with Gasteiger partial charge in [0, 0.05) is 37.3 Å². The summed E-state index contributed by atoms with van der Waals surface area (Å²) < 4.78 is 0. The van der Waals surface area contributed by atoms with E-state index in [1.165, 1.54) is 11.1 Å². The van der Waals surface area contributed by atoms with E-state index >= 15 is 0 Å². The van der Waals surface area contributed by atoms with E-state index in [-0.39, 0.29) is 18.0 Å². The van der Waals surface area contributed by atoms with Gasteiger partial charge in [0.05, 0.1) is 17.9 Å². The average molecular weight is 327 g/mol. The van der Waals surface area contributed by atoms with Crippen molar-refractivity contribution in [1.82, 2.24) is 20.4 Å². The van der Waals surface area contributed by atoms with Crippen molar-refractivity contribution in [2.24, 2.45) is 5.73 Å². The molecule has 3 rings (SSSR count). The lowest BCUT2D eigenvalue weighted by Gasteiger charge is -2.23. The Balaban J connectivity index is 1.88. The Labute approximate surface area is 142 Å². The largest absolute Gasteiger partial charge is 0.358 e. The number of carbonyl (C=O) groups is 1. The van der Waals surface area contributed by atoms with Crippen LogP contribution in [0.15, 0.2) is 24.4 Å². The summed E-state index contributed by atoms with van der Waals surface area (Å²) in [7, 11) is 1.67. The van der Waals surface area contributed by atoms with Gasteiger partial charge in [0.25, 0.3) is 0 Å². The standard InChI is InChI=1S/C18H25N5O/c1-11-4-5-12(2)15(6-11)17-13(8-21-22-17)9-23-10-14(19)7-16(23)18(24)20-3/h4-6,8,14,16H,7,9-10,19H2,1-3H3,(H,20,24)(H,21,22). The number of hydrogen-bond acceptors (Lipinski definition) is 4. The molecule has 128 valence electrons. The molecular formula is C18H25N5O. The van der Waals surface area contributed by atoms with Crippen molar-refractivity contribution in [3.05, 3.63) is 41.1 Å². The quantitative estimate of drug-likeness (QED) is 0.791. The normalized spacial score (nSPS) is 21.2. The predicted octanol–water partition coefficient (Wildman–Crippen LogP) is 1.34. The lowest BCUT2D eigenvalue weighted by molar-refractivity contribution is -0.125.